The van der Waals surface area contributed by atoms with Crippen LogP contribution < -0.4 is 10.5 Å². The molecule has 0 aliphatic carbocycles. The number of nitrogens with two attached hydrogens (primary N) is 1. The van der Waals surface area contributed by atoms with Gasteiger partial charge in [0, 0.05) is 5.69 Å². The van der Waals surface area contributed by atoms with Crippen molar-refractivity contribution < 1.29 is 17.9 Å². The highest BCUT2D eigenvalue weighted by Gasteiger charge is 2.22. The third kappa shape index (κ3) is 3.29. The summed E-state index contributed by atoms with van der Waals surface area (Å²) in [6, 6.07) is 5.53. The maximum atomic E-state index is 12.3. The van der Waals surface area contributed by atoms with Crippen molar-refractivity contribution in [2.24, 2.45) is 0 Å². The highest BCUT2D eigenvalue weighted by Crippen LogP contribution is 2.29. The lowest BCUT2D eigenvalue weighted by atomic mass is 10.3. The summed E-state index contributed by atoms with van der Waals surface area (Å²) in [6.07, 6.45) is 0. The Morgan fingerprint density at radius 2 is 2.10 bits per heavy atom. The van der Waals surface area contributed by atoms with Gasteiger partial charge in [-0.1, -0.05) is 11.6 Å². The largest absolute Gasteiger partial charge is 0.465 e. The minimum atomic E-state index is -3.93. The van der Waals surface area contributed by atoms with Gasteiger partial charge in [0.1, 0.15) is 9.77 Å². The Morgan fingerprint density at radius 3 is 2.71 bits per heavy atom. The zero-order valence-electron chi connectivity index (χ0n) is 10.8. The van der Waals surface area contributed by atoms with E-state index in [-0.39, 0.29) is 20.5 Å². The molecule has 0 fully saturated rings. The number of rotatable bonds is 4. The number of methoxy groups -OCH3 is 1. The molecule has 112 valence electrons. The number of carbonyl (C=O) groups excluding carboxylic acids is 1. The molecule has 2 rings (SSSR count). The van der Waals surface area contributed by atoms with E-state index in [2.05, 4.69) is 9.46 Å². The van der Waals surface area contributed by atoms with E-state index in [1.807, 2.05) is 0 Å². The van der Waals surface area contributed by atoms with E-state index in [0.717, 1.165) is 11.3 Å². The molecule has 1 heterocycles. The minimum Gasteiger partial charge on any atom is -0.465 e. The molecule has 0 bridgehead atoms. The fourth-order valence-electron chi connectivity index (χ4n) is 1.58. The van der Waals surface area contributed by atoms with E-state index >= 15 is 0 Å². The van der Waals surface area contributed by atoms with Crippen molar-refractivity contribution in [1.82, 2.24) is 0 Å². The summed E-state index contributed by atoms with van der Waals surface area (Å²) < 4.78 is 31.5. The molecular weight excluding hydrogens is 336 g/mol. The first kappa shape index (κ1) is 15.6. The molecule has 3 N–H and O–H groups in total. The average Bonchev–Trinajstić information content (AvgIpc) is 2.84. The van der Waals surface area contributed by atoms with Crippen LogP contribution in [-0.2, 0) is 14.8 Å². The zero-order chi connectivity index (χ0) is 15.6. The number of ether oxygens (including phenoxy) is 1. The molecule has 0 spiro atoms. The van der Waals surface area contributed by atoms with Gasteiger partial charge in [-0.3, -0.25) is 4.72 Å². The average molecular weight is 347 g/mol. The summed E-state index contributed by atoms with van der Waals surface area (Å²) in [7, 11) is -2.71. The molecule has 0 aliphatic rings. The summed E-state index contributed by atoms with van der Waals surface area (Å²) >= 11 is 6.97. The molecule has 21 heavy (non-hydrogen) atoms. The molecule has 1 aromatic heterocycles. The van der Waals surface area contributed by atoms with Crippen LogP contribution in [-0.4, -0.2) is 21.5 Å². The van der Waals surface area contributed by atoms with E-state index in [1.54, 1.807) is 5.38 Å². The molecule has 2 aromatic rings. The number of sulfonamides is 1. The predicted octanol–water partition coefficient (Wildman–Crippen LogP) is 2.57. The van der Waals surface area contributed by atoms with Gasteiger partial charge in [0.05, 0.1) is 17.8 Å². The second kappa shape index (κ2) is 5.92. The second-order valence-corrected chi connectivity index (χ2v) is 6.92. The first-order valence-electron chi connectivity index (χ1n) is 5.59. The standard InChI is InChI=1S/C12H11ClN2O4S2/c1-19-12(16)11-9(4-5-20-11)15-21(17,18)10-3-2-7(14)6-8(10)13/h2-6,15H,14H2,1H3. The number of halogens is 1. The molecule has 0 radical (unpaired) electrons. The van der Waals surface area contributed by atoms with Crippen molar-refractivity contribution in [2.45, 2.75) is 4.90 Å². The quantitative estimate of drug-likeness (QED) is 0.654. The van der Waals surface area contributed by atoms with Crippen LogP contribution in [0.15, 0.2) is 34.5 Å². The van der Waals surface area contributed by atoms with Crippen LogP contribution in [0.4, 0.5) is 11.4 Å². The molecule has 9 heteroatoms. The van der Waals surface area contributed by atoms with Crippen LogP contribution in [0.25, 0.3) is 0 Å². The van der Waals surface area contributed by atoms with Crippen molar-refractivity contribution in [3.63, 3.8) is 0 Å². The van der Waals surface area contributed by atoms with Gasteiger partial charge >= 0.3 is 5.97 Å². The number of anilines is 2. The van der Waals surface area contributed by atoms with Gasteiger partial charge in [0.2, 0.25) is 0 Å². The molecule has 0 aliphatic heterocycles. The summed E-state index contributed by atoms with van der Waals surface area (Å²) in [6.45, 7) is 0. The Morgan fingerprint density at radius 1 is 1.38 bits per heavy atom. The fourth-order valence-corrected chi connectivity index (χ4v) is 4.03. The third-order valence-corrected chi connectivity index (χ3v) is 5.27. The lowest BCUT2D eigenvalue weighted by Crippen LogP contribution is -2.15. The Hall–Kier alpha value is -1.77. The molecule has 1 aromatic carbocycles. The van der Waals surface area contributed by atoms with Crippen LogP contribution in [0, 0.1) is 0 Å². The van der Waals surface area contributed by atoms with E-state index < -0.39 is 16.0 Å². The van der Waals surface area contributed by atoms with Crippen molar-refractivity contribution in [3.05, 3.63) is 39.5 Å². The third-order valence-electron chi connectivity index (χ3n) is 2.53. The molecule has 0 saturated carbocycles. The number of hydrogen-bond donors (Lipinski definition) is 2. The number of benzene rings is 1. The van der Waals surface area contributed by atoms with Gasteiger partial charge in [-0.25, -0.2) is 13.2 Å². The summed E-state index contributed by atoms with van der Waals surface area (Å²) in [5.74, 6) is -0.619. The second-order valence-electron chi connectivity index (χ2n) is 3.95. The lowest BCUT2D eigenvalue weighted by Gasteiger charge is -2.10. The number of esters is 1. The van der Waals surface area contributed by atoms with Crippen molar-refractivity contribution in [1.29, 1.82) is 0 Å². The number of hydrogen-bond acceptors (Lipinski definition) is 6. The van der Waals surface area contributed by atoms with Gasteiger partial charge in [-0.15, -0.1) is 11.3 Å². The Bertz CT molecular complexity index is 786. The van der Waals surface area contributed by atoms with Crippen molar-refractivity contribution in [3.8, 4) is 0 Å². The summed E-state index contributed by atoms with van der Waals surface area (Å²) in [5, 5.41) is 1.58. The van der Waals surface area contributed by atoms with E-state index in [1.165, 1.54) is 31.4 Å². The van der Waals surface area contributed by atoms with Gasteiger partial charge in [-0.2, -0.15) is 0 Å². The number of nitrogens with one attached hydrogen (secondary N) is 1. The Kier molecular flexibility index (Phi) is 4.40. The van der Waals surface area contributed by atoms with Crippen molar-refractivity contribution >= 4 is 50.3 Å². The smallest absolute Gasteiger partial charge is 0.350 e. The number of thiophene rings is 1. The predicted molar refractivity (Wildman–Crippen MR) is 82.3 cm³/mol. The Balaban J connectivity index is 2.38. The van der Waals surface area contributed by atoms with Crippen LogP contribution >= 0.6 is 22.9 Å². The topological polar surface area (TPSA) is 98.5 Å². The summed E-state index contributed by atoms with van der Waals surface area (Å²) in [5.41, 5.74) is 6.02. The van der Waals surface area contributed by atoms with E-state index in [9.17, 15) is 13.2 Å². The maximum absolute atomic E-state index is 12.3. The lowest BCUT2D eigenvalue weighted by molar-refractivity contribution is 0.0607. The normalized spacial score (nSPS) is 11.1. The highest BCUT2D eigenvalue weighted by atomic mass is 35.5. The molecular formula is C12H11ClN2O4S2. The van der Waals surface area contributed by atoms with Gasteiger partial charge in [-0.05, 0) is 29.6 Å². The van der Waals surface area contributed by atoms with Crippen LogP contribution in [0.2, 0.25) is 5.02 Å². The minimum absolute atomic E-state index is 0.00246. The van der Waals surface area contributed by atoms with Crippen LogP contribution in [0.3, 0.4) is 0 Å². The number of nitrogen functional groups attached to an aromatic ring is 1. The molecule has 0 amide bonds. The maximum Gasteiger partial charge on any atom is 0.350 e. The van der Waals surface area contributed by atoms with E-state index in [0.29, 0.717) is 5.69 Å². The molecule has 6 nitrogen and oxygen atoms in total. The summed E-state index contributed by atoms with van der Waals surface area (Å²) in [4.78, 5) is 11.6. The molecule has 0 saturated heterocycles. The van der Waals surface area contributed by atoms with Crippen molar-refractivity contribution in [2.75, 3.05) is 17.6 Å². The SMILES string of the molecule is COC(=O)c1sccc1NS(=O)(=O)c1ccc(N)cc1Cl. The number of carbonyl (C=O) groups is 1. The first-order valence-corrected chi connectivity index (χ1v) is 8.33. The Labute approximate surface area is 130 Å². The first-order chi connectivity index (χ1) is 9.85. The monoisotopic (exact) mass is 346 g/mol. The van der Waals surface area contributed by atoms with Crippen LogP contribution in [0.1, 0.15) is 9.67 Å². The van der Waals surface area contributed by atoms with Gasteiger partial charge < -0.3 is 10.5 Å². The van der Waals surface area contributed by atoms with Gasteiger partial charge in [0.25, 0.3) is 10.0 Å². The molecule has 0 unspecified atom stereocenters. The molecule has 0 atom stereocenters. The fraction of sp³-hybridized carbons (Fsp3) is 0.0833. The van der Waals surface area contributed by atoms with Crippen LogP contribution in [0.5, 0.6) is 0 Å². The highest BCUT2D eigenvalue weighted by molar-refractivity contribution is 7.92. The van der Waals surface area contributed by atoms with Gasteiger partial charge in [0.15, 0.2) is 0 Å². The zero-order valence-corrected chi connectivity index (χ0v) is 13.2. The van der Waals surface area contributed by atoms with E-state index in [4.69, 9.17) is 17.3 Å².